The van der Waals surface area contributed by atoms with Crippen molar-refractivity contribution in [3.63, 3.8) is 0 Å². The fraction of sp³-hybridized carbons (Fsp3) is 0.500. The van der Waals surface area contributed by atoms with Gasteiger partial charge in [0.05, 0.1) is 10.2 Å². The minimum absolute atomic E-state index is 0.407. The van der Waals surface area contributed by atoms with E-state index in [2.05, 4.69) is 30.1 Å². The third-order valence-electron chi connectivity index (χ3n) is 3.87. The molecule has 1 aromatic carbocycles. The maximum Gasteiger partial charge on any atom is 0.186 e. The van der Waals surface area contributed by atoms with E-state index in [0.29, 0.717) is 12.1 Å². The Kier molecular flexibility index (Phi) is 3.22. The first-order valence-electron chi connectivity index (χ1n) is 6.58. The maximum atomic E-state index is 5.97. The topological polar surface area (TPSA) is 42.2 Å². The van der Waals surface area contributed by atoms with E-state index in [1.54, 1.807) is 11.3 Å². The van der Waals surface area contributed by atoms with Crippen LogP contribution in [0.25, 0.3) is 10.2 Å². The monoisotopic (exact) mass is 261 g/mol. The van der Waals surface area contributed by atoms with E-state index in [0.717, 1.165) is 23.5 Å². The van der Waals surface area contributed by atoms with Crippen molar-refractivity contribution in [1.29, 1.82) is 0 Å². The number of para-hydroxylation sites is 1. The Morgan fingerprint density at radius 1 is 1.22 bits per heavy atom. The summed E-state index contributed by atoms with van der Waals surface area (Å²) in [6.07, 6.45) is 4.65. The highest BCUT2D eigenvalue weighted by Gasteiger charge is 2.23. The van der Waals surface area contributed by atoms with Crippen molar-refractivity contribution in [3.8, 4) is 0 Å². The molecule has 1 aliphatic carbocycles. The summed E-state index contributed by atoms with van der Waals surface area (Å²) >= 11 is 1.78. The standard InChI is InChI=1S/C14H19N3S/c1-17(11-8-6-10(15)7-9-11)14-16-12-4-2-3-5-13(12)18-14/h2-5,10-11H,6-9,15H2,1H3. The fourth-order valence-electron chi connectivity index (χ4n) is 2.66. The average molecular weight is 261 g/mol. The van der Waals surface area contributed by atoms with Crippen LogP contribution in [-0.2, 0) is 0 Å². The highest BCUT2D eigenvalue weighted by Crippen LogP contribution is 2.32. The van der Waals surface area contributed by atoms with Gasteiger partial charge >= 0.3 is 0 Å². The van der Waals surface area contributed by atoms with Crippen LogP contribution in [0.3, 0.4) is 0 Å². The number of hydrogen-bond acceptors (Lipinski definition) is 4. The number of nitrogens with two attached hydrogens (primary N) is 1. The molecule has 0 spiro atoms. The van der Waals surface area contributed by atoms with E-state index in [9.17, 15) is 0 Å². The van der Waals surface area contributed by atoms with Crippen LogP contribution in [0.5, 0.6) is 0 Å². The van der Waals surface area contributed by atoms with Gasteiger partial charge in [-0.3, -0.25) is 0 Å². The lowest BCUT2D eigenvalue weighted by Crippen LogP contribution is -2.38. The van der Waals surface area contributed by atoms with Crippen molar-refractivity contribution < 1.29 is 0 Å². The zero-order valence-corrected chi connectivity index (χ0v) is 11.5. The molecule has 1 aliphatic rings. The number of rotatable bonds is 2. The van der Waals surface area contributed by atoms with Crippen LogP contribution in [0.15, 0.2) is 24.3 Å². The zero-order chi connectivity index (χ0) is 12.5. The van der Waals surface area contributed by atoms with Crippen molar-refractivity contribution in [2.45, 2.75) is 37.8 Å². The molecule has 0 aliphatic heterocycles. The molecule has 4 heteroatoms. The van der Waals surface area contributed by atoms with Crippen LogP contribution in [-0.4, -0.2) is 24.1 Å². The SMILES string of the molecule is CN(c1nc2ccccc2s1)C1CCC(N)CC1. The molecular formula is C14H19N3S. The Labute approximate surface area is 112 Å². The predicted octanol–water partition coefficient (Wildman–Crippen LogP) is 3.00. The van der Waals surface area contributed by atoms with Crippen molar-refractivity contribution in [3.05, 3.63) is 24.3 Å². The Balaban J connectivity index is 1.81. The molecule has 1 fully saturated rings. The molecule has 1 heterocycles. The van der Waals surface area contributed by atoms with Gasteiger partial charge < -0.3 is 10.6 Å². The van der Waals surface area contributed by atoms with Gasteiger partial charge in [-0.15, -0.1) is 0 Å². The molecule has 3 nitrogen and oxygen atoms in total. The zero-order valence-electron chi connectivity index (χ0n) is 10.7. The molecule has 96 valence electrons. The molecule has 0 bridgehead atoms. The van der Waals surface area contributed by atoms with Crippen LogP contribution in [0.2, 0.25) is 0 Å². The van der Waals surface area contributed by atoms with Gasteiger partial charge in [-0.05, 0) is 37.8 Å². The smallest absolute Gasteiger partial charge is 0.186 e. The highest BCUT2D eigenvalue weighted by molar-refractivity contribution is 7.22. The van der Waals surface area contributed by atoms with Crippen molar-refractivity contribution in [2.75, 3.05) is 11.9 Å². The fourth-order valence-corrected chi connectivity index (χ4v) is 3.65. The number of hydrogen-bond donors (Lipinski definition) is 1. The Hall–Kier alpha value is -1.13. The molecule has 1 saturated carbocycles. The first-order valence-corrected chi connectivity index (χ1v) is 7.39. The Morgan fingerprint density at radius 3 is 2.67 bits per heavy atom. The summed E-state index contributed by atoms with van der Waals surface area (Å²) in [4.78, 5) is 7.06. The van der Waals surface area contributed by atoms with Gasteiger partial charge in [-0.25, -0.2) is 4.98 Å². The lowest BCUT2D eigenvalue weighted by Gasteiger charge is -2.33. The van der Waals surface area contributed by atoms with Gasteiger partial charge in [-0.1, -0.05) is 23.5 Å². The van der Waals surface area contributed by atoms with E-state index in [1.165, 1.54) is 17.5 Å². The normalized spacial score (nSPS) is 24.3. The molecule has 2 N–H and O–H groups in total. The number of benzene rings is 1. The lowest BCUT2D eigenvalue weighted by molar-refractivity contribution is 0.385. The van der Waals surface area contributed by atoms with Gasteiger partial charge in [0, 0.05) is 19.1 Å². The van der Waals surface area contributed by atoms with E-state index in [1.807, 2.05) is 6.07 Å². The van der Waals surface area contributed by atoms with Gasteiger partial charge in [0.2, 0.25) is 0 Å². The average Bonchev–Trinajstić information content (AvgIpc) is 2.82. The maximum absolute atomic E-state index is 5.97. The van der Waals surface area contributed by atoms with E-state index in [-0.39, 0.29) is 0 Å². The molecule has 0 saturated heterocycles. The summed E-state index contributed by atoms with van der Waals surface area (Å²) < 4.78 is 1.27. The number of fused-ring (bicyclic) bond motifs is 1. The lowest BCUT2D eigenvalue weighted by atomic mass is 9.91. The molecule has 0 atom stereocenters. The second-order valence-electron chi connectivity index (χ2n) is 5.14. The summed E-state index contributed by atoms with van der Waals surface area (Å²) in [5.41, 5.74) is 7.07. The number of aromatic nitrogens is 1. The van der Waals surface area contributed by atoms with E-state index >= 15 is 0 Å². The van der Waals surface area contributed by atoms with Crippen LogP contribution >= 0.6 is 11.3 Å². The second kappa shape index (κ2) is 4.86. The first kappa shape index (κ1) is 11.9. The summed E-state index contributed by atoms with van der Waals surface area (Å²) in [5, 5.41) is 1.14. The highest BCUT2D eigenvalue weighted by atomic mass is 32.1. The van der Waals surface area contributed by atoms with Crippen molar-refractivity contribution in [2.24, 2.45) is 5.73 Å². The molecule has 18 heavy (non-hydrogen) atoms. The summed E-state index contributed by atoms with van der Waals surface area (Å²) in [6.45, 7) is 0. The quantitative estimate of drug-likeness (QED) is 0.903. The molecule has 0 amide bonds. The molecule has 0 radical (unpaired) electrons. The third kappa shape index (κ3) is 2.22. The van der Waals surface area contributed by atoms with Crippen LogP contribution < -0.4 is 10.6 Å². The molecule has 3 rings (SSSR count). The van der Waals surface area contributed by atoms with Crippen molar-refractivity contribution >= 4 is 26.7 Å². The summed E-state index contributed by atoms with van der Waals surface area (Å²) in [5.74, 6) is 0. The van der Waals surface area contributed by atoms with Gasteiger partial charge in [0.15, 0.2) is 5.13 Å². The number of anilines is 1. The molecular weight excluding hydrogens is 242 g/mol. The van der Waals surface area contributed by atoms with Crippen LogP contribution in [0, 0.1) is 0 Å². The van der Waals surface area contributed by atoms with Crippen molar-refractivity contribution in [1.82, 2.24) is 4.98 Å². The summed E-state index contributed by atoms with van der Waals surface area (Å²) in [7, 11) is 2.17. The minimum Gasteiger partial charge on any atom is -0.348 e. The third-order valence-corrected chi connectivity index (χ3v) is 5.00. The number of nitrogens with zero attached hydrogens (tertiary/aromatic N) is 2. The predicted molar refractivity (Wildman–Crippen MR) is 78.3 cm³/mol. The summed E-state index contributed by atoms with van der Waals surface area (Å²) in [6, 6.07) is 9.35. The molecule has 2 aromatic rings. The van der Waals surface area contributed by atoms with Gasteiger partial charge in [-0.2, -0.15) is 0 Å². The molecule has 1 aromatic heterocycles. The minimum atomic E-state index is 0.407. The Bertz CT molecular complexity index is 496. The van der Waals surface area contributed by atoms with Gasteiger partial charge in [0.1, 0.15) is 0 Å². The van der Waals surface area contributed by atoms with Crippen LogP contribution in [0.4, 0.5) is 5.13 Å². The largest absolute Gasteiger partial charge is 0.348 e. The van der Waals surface area contributed by atoms with E-state index in [4.69, 9.17) is 10.7 Å². The van der Waals surface area contributed by atoms with E-state index < -0.39 is 0 Å². The first-order chi connectivity index (χ1) is 8.74. The molecule has 0 unspecified atom stereocenters. The Morgan fingerprint density at radius 2 is 1.94 bits per heavy atom. The second-order valence-corrected chi connectivity index (χ2v) is 6.15. The number of thiazole rings is 1. The van der Waals surface area contributed by atoms with Gasteiger partial charge in [0.25, 0.3) is 0 Å². The van der Waals surface area contributed by atoms with Crippen LogP contribution in [0.1, 0.15) is 25.7 Å².